The molecule has 1 aromatic carbocycles. The number of aromatic nitrogens is 2. The molecule has 2 aromatic heterocycles. The van der Waals surface area contributed by atoms with Crippen molar-refractivity contribution in [3.63, 3.8) is 0 Å². The van der Waals surface area contributed by atoms with E-state index in [-0.39, 0.29) is 18.0 Å². The van der Waals surface area contributed by atoms with Gasteiger partial charge in [-0.1, -0.05) is 24.4 Å². The Kier molecular flexibility index (Phi) is 4.88. The van der Waals surface area contributed by atoms with Gasteiger partial charge in [0.15, 0.2) is 0 Å². The van der Waals surface area contributed by atoms with Crippen LogP contribution in [0.4, 0.5) is 0 Å². The molecule has 4 rings (SSSR count). The maximum absolute atomic E-state index is 12.9. The van der Waals surface area contributed by atoms with Crippen molar-refractivity contribution >= 4 is 30.1 Å². The van der Waals surface area contributed by atoms with Crippen LogP contribution < -0.4 is 16.3 Å². The molecule has 28 heavy (non-hydrogen) atoms. The number of H-pyrrole nitrogens is 1. The number of aryl methyl sites for hydroxylation is 2. The topological polar surface area (TPSA) is 66.9 Å². The third-order valence-electron chi connectivity index (χ3n) is 5.74. The average Bonchev–Trinajstić information content (AvgIpc) is 3.28. The van der Waals surface area contributed by atoms with Crippen LogP contribution in [0.25, 0.3) is 10.9 Å². The highest BCUT2D eigenvalue weighted by molar-refractivity contribution is 6.34. The number of pyridine rings is 1. The Morgan fingerprint density at radius 3 is 2.71 bits per heavy atom. The highest BCUT2D eigenvalue weighted by Gasteiger charge is 2.20. The molecule has 6 heteroatoms. The van der Waals surface area contributed by atoms with Gasteiger partial charge in [0, 0.05) is 46.5 Å². The van der Waals surface area contributed by atoms with E-state index in [0.717, 1.165) is 35.0 Å². The van der Waals surface area contributed by atoms with Crippen molar-refractivity contribution < 1.29 is 4.79 Å². The maximum atomic E-state index is 12.9. The smallest absolute Gasteiger partial charge is 0.253 e. The Balaban J connectivity index is 1.63. The van der Waals surface area contributed by atoms with Gasteiger partial charge in [-0.3, -0.25) is 9.59 Å². The summed E-state index contributed by atoms with van der Waals surface area (Å²) in [5.74, 6) is -0.221. The molecule has 1 aliphatic rings. The largest absolute Gasteiger partial charge is 0.348 e. The van der Waals surface area contributed by atoms with E-state index in [1.807, 2.05) is 32.0 Å². The first kappa shape index (κ1) is 18.6. The van der Waals surface area contributed by atoms with Crippen molar-refractivity contribution in [3.8, 4) is 0 Å². The van der Waals surface area contributed by atoms with E-state index in [0.29, 0.717) is 22.6 Å². The maximum Gasteiger partial charge on any atom is 0.253 e. The van der Waals surface area contributed by atoms with Gasteiger partial charge in [0.05, 0.1) is 0 Å². The molecule has 0 bridgehead atoms. The Hall–Kier alpha value is -2.76. The number of nitrogens with one attached hydrogen (secondary N) is 2. The standard InChI is InChI=1S/C22H24BN3O2/c1-13-9-14(2)25-22(28)19(13)12-24-21(27)18-10-15(23)11-20-17(18)7-8-26(20)16-5-3-4-6-16/h7-11,16H,3-6,12H2,1-2H3,(H,24,27)(H,25,28). The molecule has 1 saturated carbocycles. The molecular formula is C22H24BN3O2. The lowest BCUT2D eigenvalue weighted by Crippen LogP contribution is -2.28. The second-order valence-electron chi connectivity index (χ2n) is 7.79. The molecule has 0 saturated heterocycles. The number of nitrogens with zero attached hydrogens (tertiary/aromatic N) is 1. The zero-order valence-corrected chi connectivity index (χ0v) is 16.3. The first-order valence-electron chi connectivity index (χ1n) is 9.81. The Labute approximate surface area is 165 Å². The van der Waals surface area contributed by atoms with Gasteiger partial charge in [0.2, 0.25) is 0 Å². The molecule has 3 aromatic rings. The highest BCUT2D eigenvalue weighted by Crippen LogP contribution is 2.33. The number of carbonyl (C=O) groups is 1. The number of amides is 1. The summed E-state index contributed by atoms with van der Waals surface area (Å²) >= 11 is 0. The zero-order chi connectivity index (χ0) is 19.8. The first-order valence-corrected chi connectivity index (χ1v) is 9.81. The minimum Gasteiger partial charge on any atom is -0.348 e. The van der Waals surface area contributed by atoms with E-state index >= 15 is 0 Å². The van der Waals surface area contributed by atoms with Crippen LogP contribution >= 0.6 is 0 Å². The second-order valence-corrected chi connectivity index (χ2v) is 7.79. The van der Waals surface area contributed by atoms with E-state index in [2.05, 4.69) is 21.1 Å². The number of hydrogen-bond acceptors (Lipinski definition) is 2. The lowest BCUT2D eigenvalue weighted by Gasteiger charge is -2.15. The van der Waals surface area contributed by atoms with Crippen LogP contribution in [0.1, 0.15) is 58.9 Å². The molecule has 0 aliphatic heterocycles. The minimum atomic E-state index is -0.221. The van der Waals surface area contributed by atoms with Crippen LogP contribution in [-0.2, 0) is 6.54 Å². The summed E-state index contributed by atoms with van der Waals surface area (Å²) in [5, 5.41) is 3.79. The van der Waals surface area contributed by atoms with Crippen LogP contribution in [0.15, 0.2) is 35.3 Å². The van der Waals surface area contributed by atoms with Crippen LogP contribution in [0, 0.1) is 13.8 Å². The zero-order valence-electron chi connectivity index (χ0n) is 16.3. The van der Waals surface area contributed by atoms with Crippen LogP contribution in [0.2, 0.25) is 0 Å². The molecule has 2 radical (unpaired) electrons. The van der Waals surface area contributed by atoms with Crippen LogP contribution in [-0.4, -0.2) is 23.3 Å². The molecule has 0 atom stereocenters. The normalized spacial score (nSPS) is 14.6. The summed E-state index contributed by atoms with van der Waals surface area (Å²) in [4.78, 5) is 27.9. The summed E-state index contributed by atoms with van der Waals surface area (Å²) in [6.07, 6.45) is 6.87. The molecule has 0 spiro atoms. The van der Waals surface area contributed by atoms with Gasteiger partial charge in [-0.15, -0.1) is 0 Å². The van der Waals surface area contributed by atoms with Gasteiger partial charge in [-0.05, 0) is 50.5 Å². The first-order chi connectivity index (χ1) is 13.4. The van der Waals surface area contributed by atoms with Crippen molar-refractivity contribution in [3.05, 3.63) is 63.2 Å². The Morgan fingerprint density at radius 2 is 2.00 bits per heavy atom. The van der Waals surface area contributed by atoms with Crippen molar-refractivity contribution in [1.29, 1.82) is 0 Å². The molecule has 5 nitrogen and oxygen atoms in total. The summed E-state index contributed by atoms with van der Waals surface area (Å²) in [6, 6.07) is 8.03. The van der Waals surface area contributed by atoms with Gasteiger partial charge in [-0.25, -0.2) is 0 Å². The Bertz CT molecular complexity index is 1110. The monoisotopic (exact) mass is 373 g/mol. The predicted octanol–water partition coefficient (Wildman–Crippen LogP) is 2.79. The van der Waals surface area contributed by atoms with E-state index < -0.39 is 0 Å². The van der Waals surface area contributed by atoms with Crippen molar-refractivity contribution in [2.75, 3.05) is 0 Å². The van der Waals surface area contributed by atoms with Gasteiger partial charge < -0.3 is 14.9 Å². The fourth-order valence-corrected chi connectivity index (χ4v) is 4.34. The number of benzene rings is 1. The van der Waals surface area contributed by atoms with E-state index in [1.165, 1.54) is 12.8 Å². The number of aromatic amines is 1. The molecule has 1 aliphatic carbocycles. The fourth-order valence-electron chi connectivity index (χ4n) is 4.34. The SMILES string of the molecule is [B]c1cc(C(=O)NCc2c(C)cc(C)[nH]c2=O)c2ccn(C3CCCC3)c2c1. The number of carbonyl (C=O) groups excluding carboxylic acids is 1. The molecular weight excluding hydrogens is 349 g/mol. The summed E-state index contributed by atoms with van der Waals surface area (Å²) in [6.45, 7) is 3.90. The van der Waals surface area contributed by atoms with Crippen molar-refractivity contribution in [1.82, 2.24) is 14.9 Å². The van der Waals surface area contributed by atoms with E-state index in [1.54, 1.807) is 6.07 Å². The summed E-state index contributed by atoms with van der Waals surface area (Å²) in [5.41, 5.74) is 4.20. The number of rotatable bonds is 4. The minimum absolute atomic E-state index is 0.164. The third kappa shape index (κ3) is 3.39. The summed E-state index contributed by atoms with van der Waals surface area (Å²) in [7, 11) is 6.11. The van der Waals surface area contributed by atoms with Gasteiger partial charge in [0.1, 0.15) is 7.85 Å². The van der Waals surface area contributed by atoms with E-state index in [4.69, 9.17) is 7.85 Å². The number of hydrogen-bond donors (Lipinski definition) is 2. The van der Waals surface area contributed by atoms with Gasteiger partial charge >= 0.3 is 0 Å². The van der Waals surface area contributed by atoms with Crippen LogP contribution in [0.5, 0.6) is 0 Å². The van der Waals surface area contributed by atoms with Crippen molar-refractivity contribution in [2.45, 2.75) is 52.1 Å². The number of fused-ring (bicyclic) bond motifs is 1. The van der Waals surface area contributed by atoms with Crippen LogP contribution in [0.3, 0.4) is 0 Å². The molecule has 2 N–H and O–H groups in total. The van der Waals surface area contributed by atoms with Crippen molar-refractivity contribution in [2.24, 2.45) is 0 Å². The predicted molar refractivity (Wildman–Crippen MR) is 113 cm³/mol. The highest BCUT2D eigenvalue weighted by atomic mass is 16.1. The molecule has 2 heterocycles. The fraction of sp³-hybridized carbons (Fsp3) is 0.364. The quantitative estimate of drug-likeness (QED) is 0.691. The van der Waals surface area contributed by atoms with Gasteiger partial charge in [-0.2, -0.15) is 0 Å². The average molecular weight is 373 g/mol. The molecule has 1 fully saturated rings. The summed E-state index contributed by atoms with van der Waals surface area (Å²) < 4.78 is 2.25. The molecule has 1 amide bonds. The second kappa shape index (κ2) is 7.34. The Morgan fingerprint density at radius 1 is 1.25 bits per heavy atom. The molecule has 142 valence electrons. The van der Waals surface area contributed by atoms with Gasteiger partial charge in [0.25, 0.3) is 11.5 Å². The van der Waals surface area contributed by atoms with E-state index in [9.17, 15) is 9.59 Å². The lowest BCUT2D eigenvalue weighted by molar-refractivity contribution is 0.0952. The lowest BCUT2D eigenvalue weighted by atomic mass is 9.92. The molecule has 0 unspecified atom stereocenters. The third-order valence-corrected chi connectivity index (χ3v) is 5.74.